The van der Waals surface area contributed by atoms with Crippen LogP contribution in [-0.2, 0) is 9.59 Å². The Morgan fingerprint density at radius 1 is 1.50 bits per heavy atom. The SMILES string of the molecule is CCC1CN(CCC(=O)N(C)C)CCC1=O. The number of hydrogen-bond acceptors (Lipinski definition) is 3. The van der Waals surface area contributed by atoms with Gasteiger partial charge in [0, 0.05) is 52.5 Å². The highest BCUT2D eigenvalue weighted by Crippen LogP contribution is 2.16. The Kier molecular flexibility index (Phi) is 4.93. The van der Waals surface area contributed by atoms with Crippen LogP contribution in [0.1, 0.15) is 26.2 Å². The molecule has 0 aromatic rings. The van der Waals surface area contributed by atoms with E-state index in [0.29, 0.717) is 18.6 Å². The van der Waals surface area contributed by atoms with E-state index in [9.17, 15) is 9.59 Å². The number of nitrogens with zero attached hydrogens (tertiary/aromatic N) is 2. The fourth-order valence-electron chi connectivity index (χ4n) is 2.01. The Labute approximate surface area is 97.6 Å². The van der Waals surface area contributed by atoms with Gasteiger partial charge in [0.2, 0.25) is 5.91 Å². The Bertz CT molecular complexity index is 264. The van der Waals surface area contributed by atoms with Crippen LogP contribution in [0.15, 0.2) is 0 Å². The Hall–Kier alpha value is -0.900. The predicted octanol–water partition coefficient (Wildman–Crippen LogP) is 0.766. The molecule has 0 bridgehead atoms. The summed E-state index contributed by atoms with van der Waals surface area (Å²) < 4.78 is 0. The lowest BCUT2D eigenvalue weighted by Gasteiger charge is -2.31. The molecule has 4 nitrogen and oxygen atoms in total. The fourth-order valence-corrected chi connectivity index (χ4v) is 2.01. The molecule has 1 fully saturated rings. The molecule has 0 aromatic carbocycles. The van der Waals surface area contributed by atoms with E-state index in [0.717, 1.165) is 26.1 Å². The third-order valence-corrected chi connectivity index (χ3v) is 3.24. The number of amides is 1. The van der Waals surface area contributed by atoms with E-state index in [2.05, 4.69) is 11.8 Å². The van der Waals surface area contributed by atoms with Crippen molar-refractivity contribution in [2.75, 3.05) is 33.7 Å². The summed E-state index contributed by atoms with van der Waals surface area (Å²) in [4.78, 5) is 26.8. The summed E-state index contributed by atoms with van der Waals surface area (Å²) in [5.74, 6) is 0.728. The first-order chi connectivity index (χ1) is 7.54. The number of carbonyl (C=O) groups is 2. The first-order valence-electron chi connectivity index (χ1n) is 5.99. The van der Waals surface area contributed by atoms with Crippen LogP contribution in [0, 0.1) is 5.92 Å². The average Bonchev–Trinajstić information content (AvgIpc) is 2.27. The third-order valence-electron chi connectivity index (χ3n) is 3.24. The van der Waals surface area contributed by atoms with Gasteiger partial charge in [-0.15, -0.1) is 0 Å². The lowest BCUT2D eigenvalue weighted by Crippen LogP contribution is -2.42. The molecule has 0 saturated carbocycles. The minimum absolute atomic E-state index is 0.157. The monoisotopic (exact) mass is 226 g/mol. The molecule has 0 spiro atoms. The van der Waals surface area contributed by atoms with E-state index >= 15 is 0 Å². The van der Waals surface area contributed by atoms with Crippen LogP contribution in [0.5, 0.6) is 0 Å². The zero-order valence-corrected chi connectivity index (χ0v) is 10.5. The molecule has 1 unspecified atom stereocenters. The summed E-state index contributed by atoms with van der Waals surface area (Å²) >= 11 is 0. The molecule has 16 heavy (non-hydrogen) atoms. The second-order valence-corrected chi connectivity index (χ2v) is 4.66. The molecule has 4 heteroatoms. The fraction of sp³-hybridized carbons (Fsp3) is 0.833. The number of ketones is 1. The predicted molar refractivity (Wildman–Crippen MR) is 63.2 cm³/mol. The van der Waals surface area contributed by atoms with Gasteiger partial charge in [-0.05, 0) is 6.42 Å². The minimum atomic E-state index is 0.157. The van der Waals surface area contributed by atoms with Crippen molar-refractivity contribution in [1.29, 1.82) is 0 Å². The molecule has 1 saturated heterocycles. The molecule has 0 aliphatic carbocycles. The smallest absolute Gasteiger partial charge is 0.223 e. The summed E-state index contributed by atoms with van der Waals surface area (Å²) in [6.45, 7) is 4.48. The van der Waals surface area contributed by atoms with Crippen molar-refractivity contribution in [2.24, 2.45) is 5.92 Å². The van der Waals surface area contributed by atoms with Crippen LogP contribution in [0.25, 0.3) is 0 Å². The van der Waals surface area contributed by atoms with E-state index in [-0.39, 0.29) is 11.8 Å². The number of carbonyl (C=O) groups excluding carboxylic acids is 2. The van der Waals surface area contributed by atoms with Crippen LogP contribution < -0.4 is 0 Å². The van der Waals surface area contributed by atoms with Crippen LogP contribution in [0.2, 0.25) is 0 Å². The van der Waals surface area contributed by atoms with Crippen molar-refractivity contribution in [1.82, 2.24) is 9.80 Å². The molecule has 0 aromatic heterocycles. The highest BCUT2D eigenvalue weighted by Gasteiger charge is 2.25. The van der Waals surface area contributed by atoms with Crippen molar-refractivity contribution in [2.45, 2.75) is 26.2 Å². The zero-order valence-electron chi connectivity index (χ0n) is 10.5. The first kappa shape index (κ1) is 13.2. The van der Waals surface area contributed by atoms with Gasteiger partial charge in [0.15, 0.2) is 0 Å². The summed E-state index contributed by atoms with van der Waals surface area (Å²) in [6, 6.07) is 0. The molecule has 1 rings (SSSR count). The van der Waals surface area contributed by atoms with Crippen molar-refractivity contribution >= 4 is 11.7 Å². The lowest BCUT2D eigenvalue weighted by molar-refractivity contribution is -0.129. The van der Waals surface area contributed by atoms with Crippen LogP contribution >= 0.6 is 0 Å². The van der Waals surface area contributed by atoms with Gasteiger partial charge >= 0.3 is 0 Å². The van der Waals surface area contributed by atoms with E-state index in [4.69, 9.17) is 0 Å². The minimum Gasteiger partial charge on any atom is -0.349 e. The number of likely N-dealkylation sites (tertiary alicyclic amines) is 1. The zero-order chi connectivity index (χ0) is 12.1. The Morgan fingerprint density at radius 3 is 2.75 bits per heavy atom. The van der Waals surface area contributed by atoms with Gasteiger partial charge in [0.25, 0.3) is 0 Å². The van der Waals surface area contributed by atoms with E-state index in [1.54, 1.807) is 19.0 Å². The normalized spacial score (nSPS) is 22.2. The molecule has 92 valence electrons. The molecule has 0 radical (unpaired) electrons. The van der Waals surface area contributed by atoms with Gasteiger partial charge in [-0.2, -0.15) is 0 Å². The molecule has 1 amide bonds. The highest BCUT2D eigenvalue weighted by atomic mass is 16.2. The largest absolute Gasteiger partial charge is 0.349 e. The van der Waals surface area contributed by atoms with Gasteiger partial charge < -0.3 is 9.80 Å². The number of Topliss-reactive ketones (excluding diaryl/α,β-unsaturated/α-hetero) is 1. The van der Waals surface area contributed by atoms with Gasteiger partial charge in [-0.3, -0.25) is 9.59 Å². The van der Waals surface area contributed by atoms with E-state index in [1.165, 1.54) is 0 Å². The third kappa shape index (κ3) is 3.59. The molecule has 0 N–H and O–H groups in total. The maximum Gasteiger partial charge on any atom is 0.223 e. The maximum atomic E-state index is 11.5. The quantitative estimate of drug-likeness (QED) is 0.711. The second-order valence-electron chi connectivity index (χ2n) is 4.66. The van der Waals surface area contributed by atoms with Gasteiger partial charge in [0.1, 0.15) is 5.78 Å². The van der Waals surface area contributed by atoms with E-state index in [1.807, 2.05) is 0 Å². The molecule has 1 aliphatic rings. The molecular weight excluding hydrogens is 204 g/mol. The van der Waals surface area contributed by atoms with E-state index < -0.39 is 0 Å². The summed E-state index contributed by atoms with van der Waals surface area (Å²) in [7, 11) is 3.55. The van der Waals surface area contributed by atoms with Gasteiger partial charge in [-0.25, -0.2) is 0 Å². The maximum absolute atomic E-state index is 11.5. The van der Waals surface area contributed by atoms with Crippen molar-refractivity contribution < 1.29 is 9.59 Å². The van der Waals surface area contributed by atoms with Gasteiger partial charge in [0.05, 0.1) is 0 Å². The second kappa shape index (κ2) is 5.99. The molecule has 1 heterocycles. The van der Waals surface area contributed by atoms with Crippen LogP contribution in [0.3, 0.4) is 0 Å². The Morgan fingerprint density at radius 2 is 2.19 bits per heavy atom. The Balaban J connectivity index is 2.33. The van der Waals surface area contributed by atoms with Crippen molar-refractivity contribution in [3.8, 4) is 0 Å². The van der Waals surface area contributed by atoms with Crippen molar-refractivity contribution in [3.05, 3.63) is 0 Å². The average molecular weight is 226 g/mol. The summed E-state index contributed by atoms with van der Waals surface area (Å²) in [5, 5.41) is 0. The van der Waals surface area contributed by atoms with Crippen LogP contribution in [0.4, 0.5) is 0 Å². The molecule has 1 atom stereocenters. The first-order valence-corrected chi connectivity index (χ1v) is 5.99. The molecular formula is C12H22N2O2. The summed E-state index contributed by atoms with van der Waals surface area (Å²) in [5.41, 5.74) is 0. The topological polar surface area (TPSA) is 40.6 Å². The van der Waals surface area contributed by atoms with Gasteiger partial charge in [-0.1, -0.05) is 6.92 Å². The number of rotatable bonds is 4. The number of hydrogen-bond donors (Lipinski definition) is 0. The summed E-state index contributed by atoms with van der Waals surface area (Å²) in [6.07, 6.45) is 2.11. The lowest BCUT2D eigenvalue weighted by atomic mass is 9.94. The van der Waals surface area contributed by atoms with Crippen LogP contribution in [-0.4, -0.2) is 55.2 Å². The van der Waals surface area contributed by atoms with Crippen molar-refractivity contribution in [3.63, 3.8) is 0 Å². The highest BCUT2D eigenvalue weighted by molar-refractivity contribution is 5.82. The standard InChI is InChI=1S/C12H22N2O2/c1-4-10-9-14(7-5-11(10)15)8-6-12(16)13(2)3/h10H,4-9H2,1-3H3. The number of piperidine rings is 1. The molecule has 1 aliphatic heterocycles.